The molecule has 0 saturated heterocycles. The van der Waals surface area contributed by atoms with E-state index in [2.05, 4.69) is 15.3 Å². The molecule has 2 aromatic carbocycles. The van der Waals surface area contributed by atoms with Crippen molar-refractivity contribution < 1.29 is 0 Å². The van der Waals surface area contributed by atoms with E-state index in [1.165, 1.54) is 0 Å². The Morgan fingerprint density at radius 2 is 1.88 bits per heavy atom. The van der Waals surface area contributed by atoms with Gasteiger partial charge in [0.2, 0.25) is 0 Å². The summed E-state index contributed by atoms with van der Waals surface area (Å²) in [7, 11) is 1.83. The molecule has 3 N–H and O–H groups in total. The maximum atomic E-state index is 12.1. The monoisotopic (exact) mass is 332 g/mol. The number of aromatic nitrogens is 2. The summed E-state index contributed by atoms with van der Waals surface area (Å²) in [6, 6.07) is 16.9. The molecule has 0 spiro atoms. The lowest BCUT2D eigenvalue weighted by molar-refractivity contribution is 0.795. The van der Waals surface area contributed by atoms with Crippen LogP contribution in [0.1, 0.15) is 17.8 Å². The van der Waals surface area contributed by atoms with E-state index in [9.17, 15) is 4.79 Å². The highest BCUT2D eigenvalue weighted by molar-refractivity contribution is 6.06. The van der Waals surface area contributed by atoms with Gasteiger partial charge in [0.15, 0.2) is 0 Å². The molecule has 3 aromatic rings. The number of para-hydroxylation sites is 1. The van der Waals surface area contributed by atoms with Gasteiger partial charge in [0.1, 0.15) is 5.82 Å². The minimum atomic E-state index is -0.118. The fraction of sp³-hybridized carbons (Fsp3) is 0.150. The number of nitrogens with zero attached hydrogens (tertiary/aromatic N) is 1. The van der Waals surface area contributed by atoms with Crippen molar-refractivity contribution in [2.24, 2.45) is 0 Å². The minimum absolute atomic E-state index is 0.118. The second kappa shape index (κ2) is 7.57. The molecule has 5 heteroatoms. The average molecular weight is 332 g/mol. The predicted octanol–water partition coefficient (Wildman–Crippen LogP) is 3.03. The van der Waals surface area contributed by atoms with Crippen molar-refractivity contribution >= 4 is 16.6 Å². The van der Waals surface area contributed by atoms with Crippen molar-refractivity contribution in [3.63, 3.8) is 0 Å². The second-order valence-electron chi connectivity index (χ2n) is 5.73. The SMILES string of the molecule is CN/C(=C\C(=N)c1ccccc1)CCc1nc2ccccc2c(=O)[nH]1. The molecule has 0 atom stereocenters. The molecule has 0 aliphatic rings. The molecule has 0 unspecified atom stereocenters. The molecule has 1 aromatic heterocycles. The van der Waals surface area contributed by atoms with Crippen LogP contribution in [0.5, 0.6) is 0 Å². The Labute approximate surface area is 146 Å². The van der Waals surface area contributed by atoms with Crippen molar-refractivity contribution in [3.8, 4) is 0 Å². The Kier molecular flexibility index (Phi) is 5.04. The third kappa shape index (κ3) is 4.01. The summed E-state index contributed by atoms with van der Waals surface area (Å²) >= 11 is 0. The summed E-state index contributed by atoms with van der Waals surface area (Å²) in [6.45, 7) is 0. The first-order valence-corrected chi connectivity index (χ1v) is 8.17. The third-order valence-electron chi connectivity index (χ3n) is 4.02. The lowest BCUT2D eigenvalue weighted by Crippen LogP contribution is -2.14. The van der Waals surface area contributed by atoms with Crippen LogP contribution in [0.2, 0.25) is 0 Å². The molecule has 0 amide bonds. The van der Waals surface area contributed by atoms with E-state index in [0.29, 0.717) is 35.3 Å². The minimum Gasteiger partial charge on any atom is -0.391 e. The van der Waals surface area contributed by atoms with Crippen LogP contribution in [0, 0.1) is 5.41 Å². The number of hydrogen-bond acceptors (Lipinski definition) is 4. The van der Waals surface area contributed by atoms with E-state index in [4.69, 9.17) is 5.41 Å². The van der Waals surface area contributed by atoms with Crippen LogP contribution in [0.25, 0.3) is 10.9 Å². The summed E-state index contributed by atoms with van der Waals surface area (Å²) in [5, 5.41) is 11.9. The van der Waals surface area contributed by atoms with Crippen molar-refractivity contribution in [2.45, 2.75) is 12.8 Å². The summed E-state index contributed by atoms with van der Waals surface area (Å²) in [6.07, 6.45) is 3.07. The fourth-order valence-electron chi connectivity index (χ4n) is 2.65. The zero-order valence-corrected chi connectivity index (χ0v) is 14.0. The number of H-pyrrole nitrogens is 1. The van der Waals surface area contributed by atoms with Gasteiger partial charge in [0.05, 0.1) is 16.6 Å². The summed E-state index contributed by atoms with van der Waals surface area (Å²) in [4.78, 5) is 19.5. The first-order chi connectivity index (χ1) is 12.2. The maximum Gasteiger partial charge on any atom is 0.258 e. The summed E-state index contributed by atoms with van der Waals surface area (Å²) in [5.41, 5.74) is 2.82. The lowest BCUT2D eigenvalue weighted by Gasteiger charge is -2.08. The van der Waals surface area contributed by atoms with Crippen molar-refractivity contribution in [3.05, 3.63) is 88.1 Å². The lowest BCUT2D eigenvalue weighted by atomic mass is 10.1. The molecule has 0 bridgehead atoms. The molecule has 0 fully saturated rings. The predicted molar refractivity (Wildman–Crippen MR) is 101 cm³/mol. The molecule has 0 radical (unpaired) electrons. The summed E-state index contributed by atoms with van der Waals surface area (Å²) in [5.74, 6) is 0.649. The molecule has 0 aliphatic carbocycles. The molecule has 0 aliphatic heterocycles. The number of allylic oxidation sites excluding steroid dienone is 2. The van der Waals surface area contributed by atoms with Crippen LogP contribution in [-0.4, -0.2) is 22.7 Å². The van der Waals surface area contributed by atoms with Gasteiger partial charge in [-0.3, -0.25) is 4.79 Å². The molecule has 126 valence electrons. The Hall–Kier alpha value is -3.21. The maximum absolute atomic E-state index is 12.1. The van der Waals surface area contributed by atoms with Gasteiger partial charge in [-0.15, -0.1) is 0 Å². The number of fused-ring (bicyclic) bond motifs is 1. The Balaban J connectivity index is 1.76. The summed E-state index contributed by atoms with van der Waals surface area (Å²) < 4.78 is 0. The van der Waals surface area contributed by atoms with Gasteiger partial charge in [0, 0.05) is 19.2 Å². The highest BCUT2D eigenvalue weighted by Crippen LogP contribution is 2.09. The van der Waals surface area contributed by atoms with E-state index in [1.54, 1.807) is 6.07 Å². The van der Waals surface area contributed by atoms with Gasteiger partial charge >= 0.3 is 0 Å². The molecule has 5 nitrogen and oxygen atoms in total. The first-order valence-electron chi connectivity index (χ1n) is 8.17. The number of hydrogen-bond donors (Lipinski definition) is 3. The van der Waals surface area contributed by atoms with E-state index < -0.39 is 0 Å². The number of rotatable bonds is 6. The van der Waals surface area contributed by atoms with E-state index in [-0.39, 0.29) is 5.56 Å². The largest absolute Gasteiger partial charge is 0.391 e. The van der Waals surface area contributed by atoms with Gasteiger partial charge in [-0.05, 0) is 30.2 Å². The van der Waals surface area contributed by atoms with Crippen molar-refractivity contribution in [1.82, 2.24) is 15.3 Å². The number of nitrogens with one attached hydrogen (secondary N) is 3. The van der Waals surface area contributed by atoms with Gasteiger partial charge in [-0.25, -0.2) is 4.98 Å². The average Bonchev–Trinajstić information content (AvgIpc) is 2.65. The van der Waals surface area contributed by atoms with Crippen LogP contribution in [0.3, 0.4) is 0 Å². The van der Waals surface area contributed by atoms with Crippen LogP contribution in [-0.2, 0) is 6.42 Å². The third-order valence-corrected chi connectivity index (χ3v) is 4.02. The highest BCUT2D eigenvalue weighted by atomic mass is 16.1. The van der Waals surface area contributed by atoms with Crippen molar-refractivity contribution in [2.75, 3.05) is 7.05 Å². The molecule has 1 heterocycles. The molecule has 25 heavy (non-hydrogen) atoms. The number of benzene rings is 2. The number of aryl methyl sites for hydroxylation is 1. The molecule has 0 saturated carbocycles. The van der Waals surface area contributed by atoms with E-state index in [0.717, 1.165) is 11.3 Å². The molecular formula is C20H20N4O. The molecule has 3 rings (SSSR count). The zero-order valence-electron chi connectivity index (χ0n) is 14.0. The Morgan fingerprint density at radius 3 is 2.64 bits per heavy atom. The quantitative estimate of drug-likeness (QED) is 0.607. The van der Waals surface area contributed by atoms with Gasteiger partial charge in [0.25, 0.3) is 5.56 Å². The van der Waals surface area contributed by atoms with Gasteiger partial charge in [-0.1, -0.05) is 42.5 Å². The van der Waals surface area contributed by atoms with Crippen LogP contribution < -0.4 is 10.9 Å². The fourth-order valence-corrected chi connectivity index (χ4v) is 2.65. The van der Waals surface area contributed by atoms with E-state index >= 15 is 0 Å². The first kappa shape index (κ1) is 16.6. The molecular weight excluding hydrogens is 312 g/mol. The Morgan fingerprint density at radius 1 is 1.16 bits per heavy atom. The van der Waals surface area contributed by atoms with Crippen molar-refractivity contribution in [1.29, 1.82) is 5.41 Å². The van der Waals surface area contributed by atoms with Gasteiger partial charge in [-0.2, -0.15) is 0 Å². The highest BCUT2D eigenvalue weighted by Gasteiger charge is 2.05. The topological polar surface area (TPSA) is 81.6 Å². The Bertz CT molecular complexity index is 974. The standard InChI is InChI=1S/C20H20N4O/c1-22-15(13-17(21)14-7-3-2-4-8-14)11-12-19-23-18-10-6-5-9-16(18)20(25)24-19/h2-10,13,21-22H,11-12H2,1H3,(H,23,24,25)/b15-13-,21-17?. The second-order valence-corrected chi connectivity index (χ2v) is 5.73. The van der Waals surface area contributed by atoms with Gasteiger partial charge < -0.3 is 15.7 Å². The van der Waals surface area contributed by atoms with Crippen LogP contribution in [0.15, 0.2) is 71.2 Å². The van der Waals surface area contributed by atoms with E-state index in [1.807, 2.05) is 61.7 Å². The zero-order chi connectivity index (χ0) is 17.6. The normalized spacial score (nSPS) is 11.5. The smallest absolute Gasteiger partial charge is 0.258 e. The number of aromatic amines is 1. The van der Waals surface area contributed by atoms with Crippen LogP contribution >= 0.6 is 0 Å². The van der Waals surface area contributed by atoms with Crippen LogP contribution in [0.4, 0.5) is 0 Å².